The first kappa shape index (κ1) is 22.9. The van der Waals surface area contributed by atoms with Gasteiger partial charge in [-0.3, -0.25) is 0 Å². The van der Waals surface area contributed by atoms with Crippen LogP contribution in [0, 0.1) is 0 Å². The third kappa shape index (κ3) is 12.3. The summed E-state index contributed by atoms with van der Waals surface area (Å²) < 4.78 is 18.8. The van der Waals surface area contributed by atoms with Crippen LogP contribution in [0.4, 0.5) is 4.79 Å². The van der Waals surface area contributed by atoms with Gasteiger partial charge in [0.2, 0.25) is 0 Å². The molecule has 0 heterocycles. The Balaban J connectivity index is 0. The Morgan fingerprint density at radius 2 is 1.80 bits per heavy atom. The van der Waals surface area contributed by atoms with Crippen molar-refractivity contribution in [2.24, 2.45) is 0 Å². The van der Waals surface area contributed by atoms with Crippen molar-refractivity contribution in [3.8, 4) is 0 Å². The summed E-state index contributed by atoms with van der Waals surface area (Å²) in [4.78, 5) is 31.3. The molecule has 0 aliphatic carbocycles. The maximum absolute atomic E-state index is 11.1. The predicted octanol–water partition coefficient (Wildman–Crippen LogP) is -6.23. The summed E-state index contributed by atoms with van der Waals surface area (Å²) in [5, 5.41) is 2.24. The van der Waals surface area contributed by atoms with E-state index in [1.807, 2.05) is 18.2 Å². The maximum atomic E-state index is 11.1. The van der Waals surface area contributed by atoms with Gasteiger partial charge in [-0.1, -0.05) is 30.3 Å². The molecule has 7 nitrogen and oxygen atoms in total. The molecular weight excluding hydrogens is 307 g/mol. The van der Waals surface area contributed by atoms with Gasteiger partial charge in [0.15, 0.2) is 0 Å². The zero-order valence-corrected chi connectivity index (χ0v) is 16.3. The number of ether oxygens (including phenoxy) is 1. The van der Waals surface area contributed by atoms with Crippen LogP contribution in [0.1, 0.15) is 5.56 Å². The third-order valence-electron chi connectivity index (χ3n) is 1.83. The fourth-order valence-corrected chi connectivity index (χ4v) is 1.40. The molecule has 10 heteroatoms. The normalized spacial score (nSPS) is 9.90. The molecule has 1 amide bonds. The molecule has 0 spiro atoms. The van der Waals surface area contributed by atoms with Crippen LogP contribution in [0.2, 0.25) is 0 Å². The van der Waals surface area contributed by atoms with Crippen LogP contribution in [-0.4, -0.2) is 19.2 Å². The van der Waals surface area contributed by atoms with Gasteiger partial charge in [0.25, 0.3) is 0 Å². The zero-order chi connectivity index (χ0) is 13.4. The van der Waals surface area contributed by atoms with Crippen LogP contribution in [0.5, 0.6) is 0 Å². The van der Waals surface area contributed by atoms with Gasteiger partial charge >= 0.3 is 65.2 Å². The first-order valence-electron chi connectivity index (χ1n) is 5.08. The molecule has 0 bridgehead atoms. The van der Waals surface area contributed by atoms with Crippen molar-refractivity contribution in [2.75, 3.05) is 13.2 Å². The van der Waals surface area contributed by atoms with Crippen LogP contribution in [-0.2, 0) is 20.4 Å². The molecule has 0 aliphatic rings. The number of nitrogens with one attached hydrogen (secondary N) is 1. The summed E-state index contributed by atoms with van der Waals surface area (Å²) in [5.74, 6) is 0. The van der Waals surface area contributed by atoms with E-state index < -0.39 is 20.5 Å². The van der Waals surface area contributed by atoms with Crippen LogP contribution in [0.25, 0.3) is 0 Å². The number of amides is 1. The average molecular weight is 319 g/mol. The van der Waals surface area contributed by atoms with Gasteiger partial charge in [0, 0.05) is 6.54 Å². The molecule has 0 fully saturated rings. The zero-order valence-electron chi connectivity index (χ0n) is 11.4. The summed E-state index contributed by atoms with van der Waals surface area (Å²) in [6.45, 7) is -0.429. The van der Waals surface area contributed by atoms with Crippen molar-refractivity contribution in [3.63, 3.8) is 0 Å². The van der Waals surface area contributed by atoms with E-state index in [2.05, 4.69) is 9.84 Å². The van der Waals surface area contributed by atoms with E-state index in [-0.39, 0.29) is 72.3 Å². The van der Waals surface area contributed by atoms with E-state index >= 15 is 0 Å². The summed E-state index contributed by atoms with van der Waals surface area (Å²) in [5.41, 5.74) is 0.826. The minimum absolute atomic E-state index is 0. The van der Waals surface area contributed by atoms with Crippen LogP contribution in [0.3, 0.4) is 0 Å². The van der Waals surface area contributed by atoms with Gasteiger partial charge in [0.1, 0.15) is 6.61 Å². The average Bonchev–Trinajstić information content (AvgIpc) is 2.32. The number of carbonyl (C=O) groups is 1. The molecule has 1 aromatic carbocycles. The maximum Gasteiger partial charge on any atom is 1.00 e. The fraction of sp³-hybridized carbons (Fsp3) is 0.300. The van der Waals surface area contributed by atoms with E-state index in [0.717, 1.165) is 5.56 Å². The molecule has 0 saturated carbocycles. The van der Waals surface area contributed by atoms with Crippen LogP contribution < -0.4 is 74.2 Å². The second-order valence-corrected chi connectivity index (χ2v) is 4.42. The Morgan fingerprint density at radius 1 is 1.20 bits per heavy atom. The second-order valence-electron chi connectivity index (χ2n) is 3.27. The third-order valence-corrected chi connectivity index (χ3v) is 2.33. The predicted molar refractivity (Wildman–Crippen MR) is 58.2 cm³/mol. The van der Waals surface area contributed by atoms with Crippen molar-refractivity contribution in [3.05, 3.63) is 35.9 Å². The molecule has 1 aromatic rings. The van der Waals surface area contributed by atoms with E-state index in [9.17, 15) is 19.1 Å². The fourth-order valence-electron chi connectivity index (χ4n) is 1.08. The van der Waals surface area contributed by atoms with Gasteiger partial charge in [0.05, 0.1) is 14.4 Å². The Kier molecular flexibility index (Phi) is 13.9. The molecule has 0 unspecified atom stereocenters. The Bertz CT molecular complexity index is 427. The summed E-state index contributed by atoms with van der Waals surface area (Å²) >= 11 is 0. The van der Waals surface area contributed by atoms with Crippen molar-refractivity contribution in [1.82, 2.24) is 5.32 Å². The minimum atomic E-state index is -4.98. The van der Waals surface area contributed by atoms with Crippen molar-refractivity contribution < 1.29 is 87.5 Å². The van der Waals surface area contributed by atoms with Crippen molar-refractivity contribution in [1.29, 1.82) is 0 Å². The molecule has 0 radical (unpaired) electrons. The standard InChI is InChI=1S/C10H14NO6P.2Na/c12-10(11-6-7-17-18(13,14)15)16-8-9-4-2-1-3-5-9;;/h1-5H,6-8H2,(H,11,12)(H2,13,14,15);;/q;2*+1/p-2. The molecule has 0 saturated heterocycles. The molecule has 1 N–H and O–H groups in total. The number of benzene rings is 1. The van der Waals surface area contributed by atoms with E-state index in [0.29, 0.717) is 0 Å². The van der Waals surface area contributed by atoms with Crippen LogP contribution >= 0.6 is 7.82 Å². The quantitative estimate of drug-likeness (QED) is 0.317. The Labute approximate surface area is 161 Å². The first-order valence-corrected chi connectivity index (χ1v) is 6.54. The Hall–Kier alpha value is 0.600. The Morgan fingerprint density at radius 3 is 2.35 bits per heavy atom. The number of rotatable bonds is 6. The first-order chi connectivity index (χ1) is 8.47. The van der Waals surface area contributed by atoms with Gasteiger partial charge in [-0.05, 0) is 5.56 Å². The smallest absolute Gasteiger partial charge is 0.790 e. The minimum Gasteiger partial charge on any atom is -0.790 e. The van der Waals surface area contributed by atoms with E-state index in [1.54, 1.807) is 12.1 Å². The van der Waals surface area contributed by atoms with Crippen molar-refractivity contribution in [2.45, 2.75) is 6.61 Å². The summed E-state index contributed by atoms with van der Waals surface area (Å²) in [7, 11) is -4.98. The van der Waals surface area contributed by atoms with Gasteiger partial charge in [-0.2, -0.15) is 0 Å². The topological polar surface area (TPSA) is 111 Å². The van der Waals surface area contributed by atoms with Gasteiger partial charge in [-0.25, -0.2) is 4.79 Å². The van der Waals surface area contributed by atoms with Gasteiger partial charge < -0.3 is 28.9 Å². The molecule has 1 rings (SSSR count). The molecule has 20 heavy (non-hydrogen) atoms. The van der Waals surface area contributed by atoms with E-state index in [4.69, 9.17) is 4.74 Å². The van der Waals surface area contributed by atoms with Gasteiger partial charge in [-0.15, -0.1) is 0 Å². The molecule has 0 aliphatic heterocycles. The van der Waals surface area contributed by atoms with Crippen molar-refractivity contribution >= 4 is 13.9 Å². The summed E-state index contributed by atoms with van der Waals surface area (Å²) in [6.07, 6.45) is -0.714. The number of phosphoric acid groups is 1. The summed E-state index contributed by atoms with van der Waals surface area (Å²) in [6, 6.07) is 9.04. The number of phosphoric ester groups is 1. The largest absolute Gasteiger partial charge is 1.00 e. The second kappa shape index (κ2) is 12.2. The monoisotopic (exact) mass is 319 g/mol. The molecule has 0 aromatic heterocycles. The molecular formula is C10H12NNa2O6P. The number of alkyl carbamates (subject to hydrolysis) is 1. The SMILES string of the molecule is O=C(NCCOP(=O)([O-])[O-])OCc1ccccc1.[Na+].[Na+]. The molecule has 100 valence electrons. The van der Waals surface area contributed by atoms with Crippen LogP contribution in [0.15, 0.2) is 30.3 Å². The number of carbonyl (C=O) groups excluding carboxylic acids is 1. The van der Waals surface area contributed by atoms with E-state index in [1.165, 1.54) is 0 Å². The molecule has 0 atom stereocenters. The number of hydrogen-bond donors (Lipinski definition) is 1. The number of hydrogen-bond acceptors (Lipinski definition) is 6.